The van der Waals surface area contributed by atoms with Gasteiger partial charge in [-0.3, -0.25) is 4.79 Å². The highest BCUT2D eigenvalue weighted by Gasteiger charge is 2.17. The summed E-state index contributed by atoms with van der Waals surface area (Å²) in [5, 5.41) is 2.38. The van der Waals surface area contributed by atoms with Gasteiger partial charge in [-0.25, -0.2) is 8.78 Å². The number of hydrogen-bond donors (Lipinski definition) is 1. The van der Waals surface area contributed by atoms with Gasteiger partial charge in [0.2, 0.25) is 5.91 Å². The van der Waals surface area contributed by atoms with Crippen LogP contribution in [0.3, 0.4) is 0 Å². The quantitative estimate of drug-likeness (QED) is 0.713. The van der Waals surface area contributed by atoms with Crippen LogP contribution in [0.15, 0.2) is 42.5 Å². The average Bonchev–Trinajstić information content (AvgIpc) is 2.55. The maximum atomic E-state index is 13.5. The second-order valence-electron chi connectivity index (χ2n) is 4.90. The molecule has 0 aliphatic heterocycles. The Kier molecular flexibility index (Phi) is 6.87. The smallest absolute Gasteiger partial charge is 0.237 e. The molecule has 0 aliphatic carbocycles. The third-order valence-corrected chi connectivity index (χ3v) is 4.45. The standard InChI is InChI=1S/C17H16ClF2NO2S/c1-11(17(22)21-16-14(19)6-3-7-15(16)20)24-9-8-23-13-5-2-4-12(18)10-13/h2-7,10-11H,8-9H2,1H3,(H,21,22). The second-order valence-corrected chi connectivity index (χ2v) is 6.79. The van der Waals surface area contributed by atoms with Gasteiger partial charge in [0.1, 0.15) is 23.1 Å². The predicted octanol–water partition coefficient (Wildman–Crippen LogP) is 4.76. The first-order valence-electron chi connectivity index (χ1n) is 7.22. The Hall–Kier alpha value is -1.79. The van der Waals surface area contributed by atoms with Crippen LogP contribution in [0.4, 0.5) is 14.5 Å². The number of thioether (sulfide) groups is 1. The number of hydrogen-bond acceptors (Lipinski definition) is 3. The summed E-state index contributed by atoms with van der Waals surface area (Å²) in [7, 11) is 0. The monoisotopic (exact) mass is 371 g/mol. The zero-order chi connectivity index (χ0) is 17.5. The fourth-order valence-electron chi connectivity index (χ4n) is 1.86. The Bertz CT molecular complexity index is 694. The van der Waals surface area contributed by atoms with Crippen molar-refractivity contribution < 1.29 is 18.3 Å². The van der Waals surface area contributed by atoms with Crippen LogP contribution in [-0.2, 0) is 4.79 Å². The van der Waals surface area contributed by atoms with Gasteiger partial charge in [0.25, 0.3) is 0 Å². The molecule has 2 aromatic rings. The van der Waals surface area contributed by atoms with Crippen LogP contribution < -0.4 is 10.1 Å². The minimum atomic E-state index is -0.801. The third-order valence-electron chi connectivity index (χ3n) is 3.10. The van der Waals surface area contributed by atoms with Gasteiger partial charge in [-0.2, -0.15) is 0 Å². The molecule has 1 amide bonds. The van der Waals surface area contributed by atoms with E-state index in [-0.39, 0.29) is 0 Å². The van der Waals surface area contributed by atoms with Crippen molar-refractivity contribution in [2.24, 2.45) is 0 Å². The first-order valence-corrected chi connectivity index (χ1v) is 8.65. The number of amides is 1. The fraction of sp³-hybridized carbons (Fsp3) is 0.235. The molecule has 0 saturated carbocycles. The van der Waals surface area contributed by atoms with Crippen molar-refractivity contribution in [2.75, 3.05) is 17.7 Å². The van der Waals surface area contributed by atoms with Crippen molar-refractivity contribution in [3.05, 3.63) is 59.1 Å². The maximum Gasteiger partial charge on any atom is 0.237 e. The van der Waals surface area contributed by atoms with Gasteiger partial charge < -0.3 is 10.1 Å². The average molecular weight is 372 g/mol. The largest absolute Gasteiger partial charge is 0.493 e. The molecule has 1 unspecified atom stereocenters. The van der Waals surface area contributed by atoms with Crippen LogP contribution in [0.25, 0.3) is 0 Å². The highest BCUT2D eigenvalue weighted by molar-refractivity contribution is 8.00. The minimum Gasteiger partial charge on any atom is -0.493 e. The topological polar surface area (TPSA) is 38.3 Å². The molecule has 3 nitrogen and oxygen atoms in total. The van der Waals surface area contributed by atoms with Gasteiger partial charge in [0.15, 0.2) is 0 Å². The number of nitrogens with one attached hydrogen (secondary N) is 1. The van der Waals surface area contributed by atoms with Crippen LogP contribution in [0, 0.1) is 11.6 Å². The fourth-order valence-corrected chi connectivity index (χ4v) is 2.78. The number of carbonyl (C=O) groups excluding carboxylic acids is 1. The van der Waals surface area contributed by atoms with Gasteiger partial charge >= 0.3 is 0 Å². The lowest BCUT2D eigenvalue weighted by Crippen LogP contribution is -2.24. The zero-order valence-electron chi connectivity index (χ0n) is 12.9. The summed E-state index contributed by atoms with van der Waals surface area (Å²) in [5.41, 5.74) is -0.426. The van der Waals surface area contributed by atoms with Crippen molar-refractivity contribution >= 4 is 35.0 Å². The van der Waals surface area contributed by atoms with Crippen LogP contribution in [0.1, 0.15) is 6.92 Å². The molecule has 128 valence electrons. The maximum absolute atomic E-state index is 13.5. The van der Waals surface area contributed by atoms with Crippen LogP contribution in [0.2, 0.25) is 5.02 Å². The lowest BCUT2D eigenvalue weighted by molar-refractivity contribution is -0.115. The van der Waals surface area contributed by atoms with E-state index >= 15 is 0 Å². The van der Waals surface area contributed by atoms with Crippen molar-refractivity contribution in [3.8, 4) is 5.75 Å². The third kappa shape index (κ3) is 5.39. The molecule has 0 saturated heterocycles. The summed E-state index contributed by atoms with van der Waals surface area (Å²) in [5.74, 6) is -0.879. The predicted molar refractivity (Wildman–Crippen MR) is 93.9 cm³/mol. The number of anilines is 1. The van der Waals surface area contributed by atoms with Crippen molar-refractivity contribution in [1.82, 2.24) is 0 Å². The molecular weight excluding hydrogens is 356 g/mol. The first kappa shape index (κ1) is 18.5. The van der Waals surface area contributed by atoms with Crippen LogP contribution >= 0.6 is 23.4 Å². The van der Waals surface area contributed by atoms with E-state index in [1.807, 2.05) is 0 Å². The lowest BCUT2D eigenvalue weighted by Gasteiger charge is -2.13. The summed E-state index contributed by atoms with van der Waals surface area (Å²) in [6, 6.07) is 10.4. The molecule has 0 bridgehead atoms. The van der Waals surface area contributed by atoms with Crippen LogP contribution in [-0.4, -0.2) is 23.5 Å². The number of halogens is 3. The molecule has 2 rings (SSSR count). The number of rotatable bonds is 7. The molecule has 24 heavy (non-hydrogen) atoms. The second kappa shape index (κ2) is 8.89. The van der Waals surface area contributed by atoms with Gasteiger partial charge in [0.05, 0.1) is 11.9 Å². The summed E-state index contributed by atoms with van der Waals surface area (Å²) in [6.07, 6.45) is 0. The molecule has 0 aromatic heterocycles. The Balaban J connectivity index is 1.78. The van der Waals surface area contributed by atoms with Crippen molar-refractivity contribution in [1.29, 1.82) is 0 Å². The molecule has 0 heterocycles. The van der Waals surface area contributed by atoms with Gasteiger partial charge in [0, 0.05) is 10.8 Å². The van der Waals surface area contributed by atoms with E-state index in [4.69, 9.17) is 16.3 Å². The van der Waals surface area contributed by atoms with Gasteiger partial charge in [-0.15, -0.1) is 11.8 Å². The number of benzene rings is 2. The van der Waals surface area contributed by atoms with E-state index in [1.165, 1.54) is 17.8 Å². The SMILES string of the molecule is CC(SCCOc1cccc(Cl)c1)C(=O)Nc1c(F)cccc1F. The molecule has 0 radical (unpaired) electrons. The van der Waals surface area contributed by atoms with Crippen molar-refractivity contribution in [2.45, 2.75) is 12.2 Å². The normalized spacial score (nSPS) is 11.8. The van der Waals surface area contributed by atoms with E-state index < -0.39 is 28.5 Å². The zero-order valence-corrected chi connectivity index (χ0v) is 14.5. The molecule has 1 atom stereocenters. The summed E-state index contributed by atoms with van der Waals surface area (Å²) in [4.78, 5) is 12.0. The van der Waals surface area contributed by atoms with Crippen molar-refractivity contribution in [3.63, 3.8) is 0 Å². The van der Waals surface area contributed by atoms with E-state index in [2.05, 4.69) is 5.32 Å². The van der Waals surface area contributed by atoms with Gasteiger partial charge in [-0.05, 0) is 37.3 Å². The Morgan fingerprint density at radius 1 is 1.25 bits per heavy atom. The summed E-state index contributed by atoms with van der Waals surface area (Å²) < 4.78 is 32.5. The van der Waals surface area contributed by atoms with Gasteiger partial charge in [-0.1, -0.05) is 23.7 Å². The molecule has 2 aromatic carbocycles. The Labute approximate surface area is 148 Å². The molecular formula is C17H16ClF2NO2S. The van der Waals surface area contributed by atoms with E-state index in [9.17, 15) is 13.6 Å². The minimum absolute atomic E-state index is 0.386. The Morgan fingerprint density at radius 2 is 1.92 bits per heavy atom. The van der Waals surface area contributed by atoms with E-state index in [0.29, 0.717) is 23.1 Å². The molecule has 0 spiro atoms. The summed E-state index contributed by atoms with van der Waals surface area (Å²) >= 11 is 7.18. The molecule has 7 heteroatoms. The highest BCUT2D eigenvalue weighted by atomic mass is 35.5. The first-order chi connectivity index (χ1) is 11.5. The molecule has 1 N–H and O–H groups in total. The summed E-state index contributed by atoms with van der Waals surface area (Å²) in [6.45, 7) is 2.05. The molecule has 0 aliphatic rings. The van der Waals surface area contributed by atoms with E-state index in [0.717, 1.165) is 12.1 Å². The van der Waals surface area contributed by atoms with Crippen LogP contribution in [0.5, 0.6) is 5.75 Å². The highest BCUT2D eigenvalue weighted by Crippen LogP contribution is 2.21. The Morgan fingerprint density at radius 3 is 2.58 bits per heavy atom. The number of carbonyl (C=O) groups is 1. The lowest BCUT2D eigenvalue weighted by atomic mass is 10.3. The number of ether oxygens (including phenoxy) is 1. The molecule has 0 fully saturated rings. The number of para-hydroxylation sites is 1. The van der Waals surface area contributed by atoms with E-state index in [1.54, 1.807) is 31.2 Å².